The summed E-state index contributed by atoms with van der Waals surface area (Å²) in [5, 5.41) is 7.52. The Kier molecular flexibility index (Phi) is 4.83. The molecule has 1 aromatic heterocycles. The molecule has 25 heavy (non-hydrogen) atoms. The van der Waals surface area contributed by atoms with Crippen molar-refractivity contribution in [2.24, 2.45) is 0 Å². The van der Waals surface area contributed by atoms with E-state index in [2.05, 4.69) is 9.72 Å². The first kappa shape index (κ1) is 19.2. The van der Waals surface area contributed by atoms with Crippen LogP contribution in [0.3, 0.4) is 0 Å². The Morgan fingerprint density at radius 1 is 1.12 bits per heavy atom. The Morgan fingerprint density at radius 2 is 1.64 bits per heavy atom. The number of ether oxygens (including phenoxy) is 1. The van der Waals surface area contributed by atoms with Crippen molar-refractivity contribution in [3.63, 3.8) is 0 Å². The van der Waals surface area contributed by atoms with Gasteiger partial charge in [0.25, 0.3) is 0 Å². The fourth-order valence-electron chi connectivity index (χ4n) is 1.91. The standard InChI is InChI=1S/C12H4Cl2F6N2O3/c13-5-1-4(25-12(18,19)20)2-6(14)8(5)22-3-21-7(10(23)24)9(22)11(15,16)17/h1-3H,(H,23,24). The van der Waals surface area contributed by atoms with Gasteiger partial charge in [-0.1, -0.05) is 23.2 Å². The number of rotatable bonds is 3. The monoisotopic (exact) mass is 408 g/mol. The van der Waals surface area contributed by atoms with Gasteiger partial charge in [-0.15, -0.1) is 13.2 Å². The van der Waals surface area contributed by atoms with Crippen molar-refractivity contribution < 1.29 is 41.0 Å². The number of hydrogen-bond acceptors (Lipinski definition) is 3. The molecule has 0 saturated heterocycles. The predicted molar refractivity (Wildman–Crippen MR) is 72.2 cm³/mol. The van der Waals surface area contributed by atoms with Gasteiger partial charge in [-0.2, -0.15) is 13.2 Å². The lowest BCUT2D eigenvalue weighted by atomic mass is 10.2. The summed E-state index contributed by atoms with van der Waals surface area (Å²) in [6.45, 7) is 0. The first-order chi connectivity index (χ1) is 11.3. The number of hydrogen-bond donors (Lipinski definition) is 1. The molecule has 0 aliphatic carbocycles. The van der Waals surface area contributed by atoms with Crippen LogP contribution >= 0.6 is 23.2 Å². The van der Waals surface area contributed by atoms with Crippen molar-refractivity contribution in [2.45, 2.75) is 12.5 Å². The van der Waals surface area contributed by atoms with E-state index in [1.54, 1.807) is 0 Å². The van der Waals surface area contributed by atoms with Crippen molar-refractivity contribution in [1.82, 2.24) is 9.55 Å². The summed E-state index contributed by atoms with van der Waals surface area (Å²) in [4.78, 5) is 14.0. The minimum Gasteiger partial charge on any atom is -0.476 e. The largest absolute Gasteiger partial charge is 0.573 e. The molecule has 0 unspecified atom stereocenters. The van der Waals surface area contributed by atoms with Gasteiger partial charge in [-0.3, -0.25) is 4.57 Å². The number of halogens is 8. The Balaban J connectivity index is 2.66. The molecule has 5 nitrogen and oxygen atoms in total. The van der Waals surface area contributed by atoms with Crippen LogP contribution in [0.1, 0.15) is 16.2 Å². The second kappa shape index (κ2) is 6.30. The van der Waals surface area contributed by atoms with E-state index in [-0.39, 0.29) is 4.57 Å². The molecule has 0 aliphatic heterocycles. The van der Waals surface area contributed by atoms with E-state index in [0.717, 1.165) is 0 Å². The summed E-state index contributed by atoms with van der Waals surface area (Å²) in [6, 6.07) is 1.16. The second-order valence-corrected chi connectivity index (χ2v) is 5.21. The highest BCUT2D eigenvalue weighted by Gasteiger charge is 2.41. The van der Waals surface area contributed by atoms with Crippen molar-refractivity contribution in [3.05, 3.63) is 39.9 Å². The Morgan fingerprint density at radius 3 is 2.04 bits per heavy atom. The second-order valence-electron chi connectivity index (χ2n) is 4.40. The number of aromatic carboxylic acids is 1. The van der Waals surface area contributed by atoms with Crippen LogP contribution in [0.4, 0.5) is 26.3 Å². The van der Waals surface area contributed by atoms with Gasteiger partial charge in [0.1, 0.15) is 12.1 Å². The molecule has 1 heterocycles. The van der Waals surface area contributed by atoms with Gasteiger partial charge in [0.2, 0.25) is 0 Å². The minimum atomic E-state index is -5.15. The maximum absolute atomic E-state index is 13.2. The van der Waals surface area contributed by atoms with E-state index in [9.17, 15) is 31.1 Å². The third-order valence-corrected chi connectivity index (χ3v) is 3.28. The average molecular weight is 409 g/mol. The number of carbonyl (C=O) groups is 1. The number of benzene rings is 1. The topological polar surface area (TPSA) is 64.3 Å². The van der Waals surface area contributed by atoms with Crippen molar-refractivity contribution in [1.29, 1.82) is 0 Å². The first-order valence-electron chi connectivity index (χ1n) is 5.94. The first-order valence-corrected chi connectivity index (χ1v) is 6.70. The summed E-state index contributed by atoms with van der Waals surface area (Å²) in [5.74, 6) is -2.83. The summed E-state index contributed by atoms with van der Waals surface area (Å²) >= 11 is 11.4. The number of carboxylic acids is 1. The molecule has 1 N–H and O–H groups in total. The molecule has 0 fully saturated rings. The van der Waals surface area contributed by atoms with E-state index < -0.39 is 51.4 Å². The lowest BCUT2D eigenvalue weighted by molar-refractivity contribution is -0.274. The van der Waals surface area contributed by atoms with Crippen LogP contribution < -0.4 is 4.74 Å². The third kappa shape index (κ3) is 4.10. The zero-order chi connectivity index (χ0) is 19.2. The molecule has 136 valence electrons. The molecule has 2 rings (SSSR count). The Labute approximate surface area is 144 Å². The van der Waals surface area contributed by atoms with Crippen LogP contribution in [0.15, 0.2) is 18.5 Å². The smallest absolute Gasteiger partial charge is 0.476 e. The SMILES string of the molecule is O=C(O)c1ncn(-c2c(Cl)cc(OC(F)(F)F)cc2Cl)c1C(F)(F)F. The molecular formula is C12H4Cl2F6N2O3. The van der Waals surface area contributed by atoms with Gasteiger partial charge in [-0.25, -0.2) is 9.78 Å². The molecular weight excluding hydrogens is 405 g/mol. The van der Waals surface area contributed by atoms with Gasteiger partial charge in [-0.05, 0) is 0 Å². The maximum Gasteiger partial charge on any atom is 0.573 e. The van der Waals surface area contributed by atoms with E-state index in [4.69, 9.17) is 28.3 Å². The lowest BCUT2D eigenvalue weighted by Gasteiger charge is -2.16. The van der Waals surface area contributed by atoms with Crippen LogP contribution in [0.5, 0.6) is 5.75 Å². The highest BCUT2D eigenvalue weighted by atomic mass is 35.5. The number of alkyl halides is 6. The fourth-order valence-corrected chi connectivity index (χ4v) is 2.56. The van der Waals surface area contributed by atoms with Crippen molar-refractivity contribution in [2.75, 3.05) is 0 Å². The van der Waals surface area contributed by atoms with Crippen LogP contribution in [0.2, 0.25) is 10.0 Å². The van der Waals surface area contributed by atoms with Crippen LogP contribution in [0.25, 0.3) is 5.69 Å². The average Bonchev–Trinajstić information content (AvgIpc) is 2.80. The van der Waals surface area contributed by atoms with Gasteiger partial charge >= 0.3 is 18.5 Å². The van der Waals surface area contributed by atoms with Crippen LogP contribution in [-0.4, -0.2) is 27.0 Å². The van der Waals surface area contributed by atoms with Gasteiger partial charge < -0.3 is 9.84 Å². The van der Waals surface area contributed by atoms with E-state index in [1.165, 1.54) is 0 Å². The predicted octanol–water partition coefficient (Wildman–Crippen LogP) is 4.79. The molecule has 13 heteroatoms. The Bertz CT molecular complexity index is 808. The molecule has 0 radical (unpaired) electrons. The molecule has 0 bridgehead atoms. The Hall–Kier alpha value is -2.14. The summed E-state index contributed by atoms with van der Waals surface area (Å²) in [7, 11) is 0. The molecule has 0 atom stereocenters. The van der Waals surface area contributed by atoms with E-state index in [1.807, 2.05) is 0 Å². The van der Waals surface area contributed by atoms with Gasteiger partial charge in [0.05, 0.1) is 15.7 Å². The summed E-state index contributed by atoms with van der Waals surface area (Å²) in [5.41, 5.74) is -3.63. The van der Waals surface area contributed by atoms with Crippen LogP contribution in [0, 0.1) is 0 Å². The molecule has 0 saturated carbocycles. The van der Waals surface area contributed by atoms with E-state index >= 15 is 0 Å². The molecule has 1 aromatic carbocycles. The fraction of sp³-hybridized carbons (Fsp3) is 0.167. The third-order valence-electron chi connectivity index (χ3n) is 2.70. The van der Waals surface area contributed by atoms with Crippen LogP contribution in [-0.2, 0) is 6.18 Å². The summed E-state index contributed by atoms with van der Waals surface area (Å²) in [6.07, 6.45) is -9.74. The molecule has 0 amide bonds. The molecule has 0 spiro atoms. The number of carboxylic acid groups (broad SMARTS) is 1. The summed E-state index contributed by atoms with van der Waals surface area (Å²) < 4.78 is 79.9. The number of aromatic nitrogens is 2. The van der Waals surface area contributed by atoms with Crippen molar-refractivity contribution in [3.8, 4) is 11.4 Å². The number of nitrogens with zero attached hydrogens (tertiary/aromatic N) is 2. The lowest BCUT2D eigenvalue weighted by Crippen LogP contribution is -2.18. The van der Waals surface area contributed by atoms with E-state index in [0.29, 0.717) is 18.5 Å². The molecule has 2 aromatic rings. The highest BCUT2D eigenvalue weighted by Crippen LogP contribution is 2.40. The normalized spacial score (nSPS) is 12.3. The molecule has 0 aliphatic rings. The van der Waals surface area contributed by atoms with Crippen molar-refractivity contribution >= 4 is 29.2 Å². The quantitative estimate of drug-likeness (QED) is 0.741. The zero-order valence-electron chi connectivity index (χ0n) is 11.4. The zero-order valence-corrected chi connectivity index (χ0v) is 12.9. The minimum absolute atomic E-state index is 0.228. The maximum atomic E-state index is 13.2. The number of imidazole rings is 1. The highest BCUT2D eigenvalue weighted by molar-refractivity contribution is 6.38. The van der Waals surface area contributed by atoms with Gasteiger partial charge in [0, 0.05) is 12.1 Å². The van der Waals surface area contributed by atoms with Gasteiger partial charge in [0.15, 0.2) is 11.4 Å².